The summed E-state index contributed by atoms with van der Waals surface area (Å²) in [5.74, 6) is -0.248. The third-order valence-electron chi connectivity index (χ3n) is 3.53. The van der Waals surface area contributed by atoms with E-state index in [0.29, 0.717) is 13.0 Å². The number of piperidine rings is 1. The Labute approximate surface area is 108 Å². The van der Waals surface area contributed by atoms with Crippen LogP contribution in [0.5, 0.6) is 0 Å². The fourth-order valence-corrected chi connectivity index (χ4v) is 2.19. The minimum absolute atomic E-state index is 0.0789. The Hall–Kier alpha value is -1.14. The van der Waals surface area contributed by atoms with Crippen LogP contribution < -0.4 is 16.4 Å². The van der Waals surface area contributed by atoms with E-state index in [1.807, 2.05) is 0 Å². The first-order valence-electron chi connectivity index (χ1n) is 6.34. The van der Waals surface area contributed by atoms with Gasteiger partial charge in [0, 0.05) is 32.6 Å². The van der Waals surface area contributed by atoms with Gasteiger partial charge in [0.05, 0.1) is 0 Å². The summed E-state index contributed by atoms with van der Waals surface area (Å²) in [6.07, 6.45) is 1.28. The minimum Gasteiger partial charge on any atom is -0.341 e. The second-order valence-electron chi connectivity index (χ2n) is 5.54. The minimum atomic E-state index is -0.457. The topological polar surface area (TPSA) is 87.5 Å². The third-order valence-corrected chi connectivity index (χ3v) is 3.53. The summed E-state index contributed by atoms with van der Waals surface area (Å²) in [6.45, 7) is 6.76. The normalized spacial score (nSPS) is 23.4. The summed E-state index contributed by atoms with van der Waals surface area (Å²) in [6, 6.07) is -0.241. The van der Waals surface area contributed by atoms with Crippen LogP contribution in [0, 0.1) is 5.41 Å². The molecule has 1 unspecified atom stereocenters. The van der Waals surface area contributed by atoms with Crippen molar-refractivity contribution in [3.05, 3.63) is 0 Å². The lowest BCUT2D eigenvalue weighted by Crippen LogP contribution is -2.53. The van der Waals surface area contributed by atoms with Gasteiger partial charge < -0.3 is 16.0 Å². The molecule has 1 heterocycles. The van der Waals surface area contributed by atoms with Crippen LogP contribution in [0.4, 0.5) is 4.79 Å². The average molecular weight is 256 g/mol. The molecule has 18 heavy (non-hydrogen) atoms. The fraction of sp³-hybridized carbons (Fsp3) is 0.833. The van der Waals surface area contributed by atoms with Crippen molar-refractivity contribution in [3.8, 4) is 0 Å². The van der Waals surface area contributed by atoms with Gasteiger partial charge in [-0.25, -0.2) is 4.79 Å². The van der Waals surface area contributed by atoms with Crippen LogP contribution in [0.2, 0.25) is 0 Å². The van der Waals surface area contributed by atoms with Crippen LogP contribution >= 0.6 is 0 Å². The zero-order valence-electron chi connectivity index (χ0n) is 11.5. The Bertz CT molecular complexity index is 317. The van der Waals surface area contributed by atoms with Crippen LogP contribution in [0.15, 0.2) is 0 Å². The van der Waals surface area contributed by atoms with E-state index in [1.165, 1.54) is 7.05 Å². The summed E-state index contributed by atoms with van der Waals surface area (Å²) in [4.78, 5) is 24.6. The highest BCUT2D eigenvalue weighted by Crippen LogP contribution is 2.27. The molecule has 1 fully saturated rings. The molecule has 1 aliphatic rings. The van der Waals surface area contributed by atoms with Gasteiger partial charge in [-0.15, -0.1) is 0 Å². The van der Waals surface area contributed by atoms with Crippen LogP contribution in [0.25, 0.3) is 0 Å². The van der Waals surface area contributed by atoms with Gasteiger partial charge in [0.15, 0.2) is 0 Å². The standard InChI is InChI=1S/C12H24N4O2/c1-12(2)8-16(6-4-9(12)13)7-5-10(17)15-11(18)14-3/h9H,4-8,13H2,1-3H3,(H2,14,15,17,18). The van der Waals surface area contributed by atoms with Gasteiger partial charge in [0.1, 0.15) is 0 Å². The molecule has 0 aliphatic carbocycles. The maximum Gasteiger partial charge on any atom is 0.321 e. The maximum atomic E-state index is 11.5. The van der Waals surface area contributed by atoms with Crippen molar-refractivity contribution in [1.82, 2.24) is 15.5 Å². The van der Waals surface area contributed by atoms with Crippen molar-refractivity contribution in [2.75, 3.05) is 26.7 Å². The molecular weight excluding hydrogens is 232 g/mol. The Morgan fingerprint density at radius 3 is 2.67 bits per heavy atom. The second-order valence-corrected chi connectivity index (χ2v) is 5.54. The number of nitrogens with zero attached hydrogens (tertiary/aromatic N) is 1. The van der Waals surface area contributed by atoms with E-state index in [4.69, 9.17) is 5.73 Å². The fourth-order valence-electron chi connectivity index (χ4n) is 2.19. The Morgan fingerprint density at radius 2 is 2.11 bits per heavy atom. The zero-order chi connectivity index (χ0) is 13.8. The smallest absolute Gasteiger partial charge is 0.321 e. The van der Waals surface area contributed by atoms with E-state index in [9.17, 15) is 9.59 Å². The largest absolute Gasteiger partial charge is 0.341 e. The number of carbonyl (C=O) groups excluding carboxylic acids is 2. The second kappa shape index (κ2) is 6.15. The lowest BCUT2D eigenvalue weighted by atomic mass is 9.80. The Morgan fingerprint density at radius 1 is 1.44 bits per heavy atom. The summed E-state index contributed by atoms with van der Waals surface area (Å²) < 4.78 is 0. The average Bonchev–Trinajstić information content (AvgIpc) is 2.30. The van der Waals surface area contributed by atoms with Crippen molar-refractivity contribution in [1.29, 1.82) is 0 Å². The summed E-state index contributed by atoms with van der Waals surface area (Å²) in [5, 5.41) is 4.61. The van der Waals surface area contributed by atoms with Gasteiger partial charge in [0.2, 0.25) is 5.91 Å². The van der Waals surface area contributed by atoms with E-state index < -0.39 is 6.03 Å². The molecule has 104 valence electrons. The highest BCUT2D eigenvalue weighted by atomic mass is 16.2. The monoisotopic (exact) mass is 256 g/mol. The molecule has 0 bridgehead atoms. The van der Waals surface area contributed by atoms with E-state index in [2.05, 4.69) is 29.4 Å². The number of likely N-dealkylation sites (tertiary alicyclic amines) is 1. The van der Waals surface area contributed by atoms with Crippen LogP contribution in [0.1, 0.15) is 26.7 Å². The number of hydrogen-bond acceptors (Lipinski definition) is 4. The molecule has 1 rings (SSSR count). The van der Waals surface area contributed by atoms with Crippen molar-refractivity contribution >= 4 is 11.9 Å². The molecule has 0 spiro atoms. The summed E-state index contributed by atoms with van der Waals surface area (Å²) in [5.41, 5.74) is 6.13. The molecule has 0 aromatic rings. The predicted molar refractivity (Wildman–Crippen MR) is 70.0 cm³/mol. The molecule has 0 aromatic carbocycles. The van der Waals surface area contributed by atoms with Gasteiger partial charge in [-0.05, 0) is 18.4 Å². The van der Waals surface area contributed by atoms with E-state index >= 15 is 0 Å². The van der Waals surface area contributed by atoms with Gasteiger partial charge in [-0.2, -0.15) is 0 Å². The molecule has 4 N–H and O–H groups in total. The molecule has 1 aliphatic heterocycles. The lowest BCUT2D eigenvalue weighted by Gasteiger charge is -2.42. The number of urea groups is 1. The Kier molecular flexibility index (Phi) is 5.10. The lowest BCUT2D eigenvalue weighted by molar-refractivity contribution is -0.120. The van der Waals surface area contributed by atoms with Gasteiger partial charge >= 0.3 is 6.03 Å². The quantitative estimate of drug-likeness (QED) is 0.657. The van der Waals surface area contributed by atoms with Crippen molar-refractivity contribution in [3.63, 3.8) is 0 Å². The van der Waals surface area contributed by atoms with Gasteiger partial charge in [-0.1, -0.05) is 13.8 Å². The number of nitrogens with one attached hydrogen (secondary N) is 2. The maximum absolute atomic E-state index is 11.5. The first-order chi connectivity index (χ1) is 8.35. The number of amides is 3. The molecule has 6 heteroatoms. The van der Waals surface area contributed by atoms with E-state index in [-0.39, 0.29) is 17.4 Å². The molecule has 6 nitrogen and oxygen atoms in total. The SMILES string of the molecule is CNC(=O)NC(=O)CCN1CCC(N)C(C)(C)C1. The predicted octanol–water partition coefficient (Wildman–Crippen LogP) is -0.109. The number of rotatable bonds is 3. The number of hydrogen-bond donors (Lipinski definition) is 3. The zero-order valence-corrected chi connectivity index (χ0v) is 11.5. The van der Waals surface area contributed by atoms with Crippen molar-refractivity contribution in [2.24, 2.45) is 11.1 Å². The molecule has 3 amide bonds. The third kappa shape index (κ3) is 4.27. The molecule has 1 saturated heterocycles. The highest BCUT2D eigenvalue weighted by Gasteiger charge is 2.33. The van der Waals surface area contributed by atoms with E-state index in [1.54, 1.807) is 0 Å². The summed E-state index contributed by atoms with van der Waals surface area (Å²) >= 11 is 0. The van der Waals surface area contributed by atoms with Gasteiger partial charge in [-0.3, -0.25) is 10.1 Å². The number of imide groups is 1. The van der Waals surface area contributed by atoms with Crippen molar-refractivity contribution in [2.45, 2.75) is 32.7 Å². The van der Waals surface area contributed by atoms with Gasteiger partial charge in [0.25, 0.3) is 0 Å². The molecule has 0 saturated carbocycles. The molecule has 1 atom stereocenters. The van der Waals surface area contributed by atoms with Crippen LogP contribution in [0.3, 0.4) is 0 Å². The first-order valence-corrected chi connectivity index (χ1v) is 6.34. The highest BCUT2D eigenvalue weighted by molar-refractivity contribution is 5.94. The van der Waals surface area contributed by atoms with Crippen LogP contribution in [-0.4, -0.2) is 49.6 Å². The number of nitrogens with two attached hydrogens (primary N) is 1. The number of carbonyl (C=O) groups is 2. The first kappa shape index (κ1) is 14.9. The molecule has 0 radical (unpaired) electrons. The van der Waals surface area contributed by atoms with E-state index in [0.717, 1.165) is 19.5 Å². The van der Waals surface area contributed by atoms with Crippen molar-refractivity contribution < 1.29 is 9.59 Å². The molecule has 0 aromatic heterocycles. The molecular formula is C12H24N4O2. The summed E-state index contributed by atoms with van der Waals surface area (Å²) in [7, 11) is 1.48. The Balaban J connectivity index is 2.32. The van der Waals surface area contributed by atoms with Crippen LogP contribution in [-0.2, 0) is 4.79 Å².